The van der Waals surface area contributed by atoms with Crippen molar-refractivity contribution in [2.75, 3.05) is 44.4 Å². The monoisotopic (exact) mass is 286 g/mol. The fourth-order valence-corrected chi connectivity index (χ4v) is 1.78. The molecular weight excluding hydrogens is 263 g/mol. The number of rotatable bonds is 10. The molecule has 0 aliphatic carbocycles. The van der Waals surface area contributed by atoms with Gasteiger partial charge in [-0.2, -0.15) is 0 Å². The second-order valence-electron chi connectivity index (χ2n) is 4.15. The zero-order valence-electron chi connectivity index (χ0n) is 12.1. The smallest absolute Gasteiger partial charge is 0.171 e. The molecule has 0 fully saturated rings. The first-order valence-corrected chi connectivity index (χ1v) is 6.89. The summed E-state index contributed by atoms with van der Waals surface area (Å²) in [4.78, 5) is 5.85. The number of nitrogens with zero attached hydrogens (tertiary/aromatic N) is 2. The van der Waals surface area contributed by atoms with Crippen molar-refractivity contribution in [3.8, 4) is 0 Å². The normalized spacial score (nSPS) is 10.8. The van der Waals surface area contributed by atoms with Gasteiger partial charge in [0.1, 0.15) is 0 Å². The van der Waals surface area contributed by atoms with Crippen molar-refractivity contribution in [2.45, 2.75) is 20.5 Å². The van der Waals surface area contributed by atoms with Gasteiger partial charge in [0, 0.05) is 38.1 Å². The van der Waals surface area contributed by atoms with Gasteiger partial charge in [-0.1, -0.05) is 0 Å². The standard InChI is InChI=1S/C14H23FN2O3/c1-3-19-9-7-17(8-10-20-4-2)14-13(15)12(11-18)5-6-16-14/h5-6,18H,3-4,7-11H2,1-2H3. The van der Waals surface area contributed by atoms with Crippen LogP contribution in [0.15, 0.2) is 12.3 Å². The third-order valence-electron chi connectivity index (χ3n) is 2.84. The van der Waals surface area contributed by atoms with E-state index in [9.17, 15) is 4.39 Å². The van der Waals surface area contributed by atoms with Gasteiger partial charge in [-0.25, -0.2) is 9.37 Å². The maximum atomic E-state index is 14.2. The first-order valence-electron chi connectivity index (χ1n) is 6.89. The highest BCUT2D eigenvalue weighted by Gasteiger charge is 2.15. The van der Waals surface area contributed by atoms with Crippen LogP contribution in [0.1, 0.15) is 19.4 Å². The van der Waals surface area contributed by atoms with Gasteiger partial charge in [0.2, 0.25) is 0 Å². The molecule has 0 aliphatic heterocycles. The number of hydrogen-bond donors (Lipinski definition) is 1. The zero-order valence-corrected chi connectivity index (χ0v) is 12.1. The topological polar surface area (TPSA) is 54.8 Å². The van der Waals surface area contributed by atoms with Gasteiger partial charge in [-0.05, 0) is 19.9 Å². The highest BCUT2D eigenvalue weighted by molar-refractivity contribution is 5.43. The molecular formula is C14H23FN2O3. The van der Waals surface area contributed by atoms with Crippen LogP contribution in [0.5, 0.6) is 0 Å². The van der Waals surface area contributed by atoms with Crippen LogP contribution in [-0.4, -0.2) is 49.6 Å². The van der Waals surface area contributed by atoms with Crippen molar-refractivity contribution in [2.24, 2.45) is 0 Å². The quantitative estimate of drug-likeness (QED) is 0.662. The van der Waals surface area contributed by atoms with E-state index in [1.54, 1.807) is 4.90 Å². The van der Waals surface area contributed by atoms with Gasteiger partial charge >= 0.3 is 0 Å². The molecule has 0 bridgehead atoms. The minimum atomic E-state index is -0.483. The predicted molar refractivity (Wildman–Crippen MR) is 75.3 cm³/mol. The molecule has 1 N–H and O–H groups in total. The molecule has 0 unspecified atom stereocenters. The van der Waals surface area contributed by atoms with E-state index in [2.05, 4.69) is 4.98 Å². The Balaban J connectivity index is 2.79. The molecule has 1 aromatic heterocycles. The summed E-state index contributed by atoms with van der Waals surface area (Å²) in [6, 6.07) is 1.47. The number of aliphatic hydroxyl groups is 1. The van der Waals surface area contributed by atoms with Gasteiger partial charge < -0.3 is 19.5 Å². The lowest BCUT2D eigenvalue weighted by Crippen LogP contribution is -2.32. The lowest BCUT2D eigenvalue weighted by Gasteiger charge is -2.24. The number of halogens is 1. The summed E-state index contributed by atoms with van der Waals surface area (Å²) in [5, 5.41) is 9.12. The van der Waals surface area contributed by atoms with Gasteiger partial charge in [0.05, 0.1) is 19.8 Å². The number of ether oxygens (including phenoxy) is 2. The van der Waals surface area contributed by atoms with E-state index in [0.717, 1.165) is 0 Å². The Morgan fingerprint density at radius 2 is 1.80 bits per heavy atom. The lowest BCUT2D eigenvalue weighted by atomic mass is 10.2. The minimum Gasteiger partial charge on any atom is -0.392 e. The van der Waals surface area contributed by atoms with Crippen LogP contribution >= 0.6 is 0 Å². The lowest BCUT2D eigenvalue weighted by molar-refractivity contribution is 0.141. The number of pyridine rings is 1. The Morgan fingerprint density at radius 1 is 1.20 bits per heavy atom. The van der Waals surface area contributed by atoms with E-state index in [0.29, 0.717) is 39.5 Å². The molecule has 0 saturated carbocycles. The average Bonchev–Trinajstić information content (AvgIpc) is 2.46. The summed E-state index contributed by atoms with van der Waals surface area (Å²) >= 11 is 0. The Labute approximate surface area is 119 Å². The Kier molecular flexibility index (Phi) is 8.10. The number of aromatic nitrogens is 1. The van der Waals surface area contributed by atoms with E-state index < -0.39 is 5.82 Å². The molecule has 0 amide bonds. The van der Waals surface area contributed by atoms with Crippen LogP contribution in [-0.2, 0) is 16.1 Å². The second-order valence-corrected chi connectivity index (χ2v) is 4.15. The molecule has 0 spiro atoms. The van der Waals surface area contributed by atoms with Crippen LogP contribution < -0.4 is 4.90 Å². The van der Waals surface area contributed by atoms with Crippen LogP contribution in [0.3, 0.4) is 0 Å². The molecule has 5 nitrogen and oxygen atoms in total. The Hall–Kier alpha value is -1.24. The summed E-state index contributed by atoms with van der Waals surface area (Å²) in [5.74, 6) is -0.251. The van der Waals surface area contributed by atoms with E-state index in [-0.39, 0.29) is 18.0 Å². The van der Waals surface area contributed by atoms with Gasteiger partial charge in [-0.15, -0.1) is 0 Å². The molecule has 20 heavy (non-hydrogen) atoms. The molecule has 6 heteroatoms. The van der Waals surface area contributed by atoms with Gasteiger partial charge in [0.15, 0.2) is 11.6 Å². The number of hydrogen-bond acceptors (Lipinski definition) is 5. The molecule has 1 aromatic rings. The van der Waals surface area contributed by atoms with Crippen molar-refractivity contribution >= 4 is 5.82 Å². The van der Waals surface area contributed by atoms with Gasteiger partial charge in [0.25, 0.3) is 0 Å². The Morgan fingerprint density at radius 3 is 2.30 bits per heavy atom. The predicted octanol–water partition coefficient (Wildman–Crippen LogP) is 1.59. The molecule has 1 heterocycles. The van der Waals surface area contributed by atoms with E-state index >= 15 is 0 Å². The first-order chi connectivity index (χ1) is 9.74. The van der Waals surface area contributed by atoms with Crippen LogP contribution in [0.2, 0.25) is 0 Å². The summed E-state index contributed by atoms with van der Waals surface area (Å²) < 4.78 is 24.8. The number of anilines is 1. The highest BCUT2D eigenvalue weighted by Crippen LogP contribution is 2.19. The van der Waals surface area contributed by atoms with E-state index in [1.165, 1.54) is 12.3 Å². The molecule has 0 saturated heterocycles. The zero-order chi connectivity index (χ0) is 14.8. The maximum Gasteiger partial charge on any atom is 0.171 e. The fraction of sp³-hybridized carbons (Fsp3) is 0.643. The van der Waals surface area contributed by atoms with Crippen LogP contribution in [0, 0.1) is 5.82 Å². The molecule has 114 valence electrons. The largest absolute Gasteiger partial charge is 0.392 e. The van der Waals surface area contributed by atoms with Crippen LogP contribution in [0.25, 0.3) is 0 Å². The SMILES string of the molecule is CCOCCN(CCOCC)c1nccc(CO)c1F. The number of aliphatic hydroxyl groups excluding tert-OH is 1. The minimum absolute atomic E-state index is 0.232. The van der Waals surface area contributed by atoms with Crippen molar-refractivity contribution in [3.63, 3.8) is 0 Å². The molecule has 0 aromatic carbocycles. The molecule has 1 rings (SSSR count). The third-order valence-corrected chi connectivity index (χ3v) is 2.84. The van der Waals surface area contributed by atoms with Crippen molar-refractivity contribution in [3.05, 3.63) is 23.6 Å². The first kappa shape index (κ1) is 16.8. The van der Waals surface area contributed by atoms with Crippen molar-refractivity contribution in [1.29, 1.82) is 0 Å². The van der Waals surface area contributed by atoms with E-state index in [4.69, 9.17) is 14.6 Å². The van der Waals surface area contributed by atoms with Gasteiger partial charge in [-0.3, -0.25) is 0 Å². The van der Waals surface area contributed by atoms with Crippen LogP contribution in [0.4, 0.5) is 10.2 Å². The third kappa shape index (κ3) is 5.03. The summed E-state index contributed by atoms with van der Waals surface area (Å²) in [6.07, 6.45) is 1.50. The highest BCUT2D eigenvalue weighted by atomic mass is 19.1. The molecule has 0 radical (unpaired) electrons. The Bertz CT molecular complexity index is 381. The van der Waals surface area contributed by atoms with Crippen molar-refractivity contribution < 1.29 is 19.0 Å². The fourth-order valence-electron chi connectivity index (χ4n) is 1.78. The summed E-state index contributed by atoms with van der Waals surface area (Å²) in [7, 11) is 0. The second kappa shape index (κ2) is 9.63. The summed E-state index contributed by atoms with van der Waals surface area (Å²) in [5.41, 5.74) is 0.243. The maximum absolute atomic E-state index is 14.2. The molecule has 0 atom stereocenters. The summed E-state index contributed by atoms with van der Waals surface area (Å²) in [6.45, 7) is 6.76. The van der Waals surface area contributed by atoms with E-state index in [1.807, 2.05) is 13.8 Å². The molecule has 0 aliphatic rings. The average molecular weight is 286 g/mol. The van der Waals surface area contributed by atoms with Crippen molar-refractivity contribution in [1.82, 2.24) is 4.98 Å².